The molecule has 2 aromatic rings. The highest BCUT2D eigenvalue weighted by Crippen LogP contribution is 2.57. The van der Waals surface area contributed by atoms with Crippen LogP contribution in [0, 0.1) is 23.6 Å². The maximum Gasteiger partial charge on any atom is 0.435 e. The van der Waals surface area contributed by atoms with Crippen molar-refractivity contribution in [1.82, 2.24) is 4.90 Å². The molecule has 1 N–H and O–H groups in total. The fourth-order valence-corrected chi connectivity index (χ4v) is 9.91. The van der Waals surface area contributed by atoms with E-state index in [1.54, 1.807) is 6.92 Å². The van der Waals surface area contributed by atoms with Crippen molar-refractivity contribution in [2.75, 3.05) is 6.54 Å². The van der Waals surface area contributed by atoms with E-state index >= 15 is 0 Å². The van der Waals surface area contributed by atoms with Gasteiger partial charge in [-0.1, -0.05) is 25.1 Å². The van der Waals surface area contributed by atoms with Gasteiger partial charge >= 0.3 is 24.0 Å². The van der Waals surface area contributed by atoms with Gasteiger partial charge in [0.05, 0.1) is 16.9 Å². The average Bonchev–Trinajstić information content (AvgIpc) is 3.36. The number of benzene rings is 2. The summed E-state index contributed by atoms with van der Waals surface area (Å²) in [4.78, 5) is 26.4. The summed E-state index contributed by atoms with van der Waals surface area (Å²) in [5, 5.41) is 9.47. The molecule has 15 heteroatoms. The first-order chi connectivity index (χ1) is 20.8. The van der Waals surface area contributed by atoms with Crippen LogP contribution >= 0.6 is 0 Å². The Hall–Kier alpha value is -3.23. The number of alkyl halides is 7. The van der Waals surface area contributed by atoms with Gasteiger partial charge in [0, 0.05) is 18.0 Å². The molecule has 3 aliphatic rings. The van der Waals surface area contributed by atoms with Gasteiger partial charge in [0.1, 0.15) is 10.6 Å². The molecular weight excluding hydrogens is 638 g/mol. The number of amides is 1. The molecule has 1 heterocycles. The Morgan fingerprint density at radius 1 is 0.933 bits per heavy atom. The van der Waals surface area contributed by atoms with Crippen molar-refractivity contribution in [3.05, 3.63) is 65.0 Å². The molecule has 0 radical (unpaired) electrons. The Morgan fingerprint density at radius 3 is 2.11 bits per heavy atom. The predicted molar refractivity (Wildman–Crippen MR) is 143 cm³/mol. The molecule has 5 rings (SSSR count). The number of hydrogen-bond acceptors (Lipinski definition) is 4. The van der Waals surface area contributed by atoms with Gasteiger partial charge in [-0.15, -0.1) is 0 Å². The standard InChI is InChI=1S/C30H29F8NO5S/c1-16-14-18(2-9-22(16)26(41)42)25(40)39-13-12-27(45(43,44)21-7-5-20(31)6-8-21)23-10-4-19(15-17(23)3-11-24(27)39)28(32,29(33,34)35)30(36,37)38/h4-8,10,15-16,18,22,24H,2-3,9,11-14H2,1H3,(H,41,42)/t16-,18+,22+,24+,27+/m0/s1. The van der Waals surface area contributed by atoms with Crippen molar-refractivity contribution < 1.29 is 58.2 Å². The highest BCUT2D eigenvalue weighted by molar-refractivity contribution is 7.92. The lowest BCUT2D eigenvalue weighted by Gasteiger charge is -2.44. The first-order valence-electron chi connectivity index (χ1n) is 14.3. The number of carbonyl (C=O) groups is 2. The van der Waals surface area contributed by atoms with Crippen LogP contribution in [0.4, 0.5) is 35.1 Å². The summed E-state index contributed by atoms with van der Waals surface area (Å²) < 4.78 is 137. The second kappa shape index (κ2) is 10.9. The summed E-state index contributed by atoms with van der Waals surface area (Å²) in [6.07, 6.45) is -12.8. The number of nitrogens with zero attached hydrogens (tertiary/aromatic N) is 1. The van der Waals surface area contributed by atoms with Crippen LogP contribution < -0.4 is 0 Å². The van der Waals surface area contributed by atoms with Crippen molar-refractivity contribution >= 4 is 21.7 Å². The summed E-state index contributed by atoms with van der Waals surface area (Å²) in [6, 6.07) is 4.07. The molecular formula is C30H29F8NO5S. The fraction of sp³-hybridized carbons (Fsp3) is 0.533. The maximum atomic E-state index is 15.0. The molecule has 246 valence electrons. The van der Waals surface area contributed by atoms with Gasteiger partial charge < -0.3 is 10.0 Å². The van der Waals surface area contributed by atoms with E-state index in [2.05, 4.69) is 0 Å². The van der Waals surface area contributed by atoms with Crippen LogP contribution in [-0.2, 0) is 36.3 Å². The molecule has 1 saturated carbocycles. The number of carboxylic acids is 1. The fourth-order valence-electron chi connectivity index (χ4n) is 7.54. The number of aliphatic carboxylic acids is 1. The number of carbonyl (C=O) groups excluding carboxylic acids is 1. The van der Waals surface area contributed by atoms with Crippen LogP contribution in [0.25, 0.3) is 0 Å². The minimum atomic E-state index is -6.37. The molecule has 5 atom stereocenters. The predicted octanol–water partition coefficient (Wildman–Crippen LogP) is 6.47. The number of likely N-dealkylation sites (tertiary alicyclic amines) is 1. The second-order valence-corrected chi connectivity index (χ2v) is 14.3. The molecule has 0 aromatic heterocycles. The summed E-state index contributed by atoms with van der Waals surface area (Å²) in [5.74, 6) is -3.81. The molecule has 2 aromatic carbocycles. The Balaban J connectivity index is 1.62. The van der Waals surface area contributed by atoms with Crippen molar-refractivity contribution in [1.29, 1.82) is 0 Å². The summed E-state index contributed by atoms with van der Waals surface area (Å²) in [6.45, 7) is 1.57. The molecule has 1 aliphatic heterocycles. The smallest absolute Gasteiger partial charge is 0.435 e. The molecule has 2 aliphatic carbocycles. The molecule has 0 spiro atoms. The van der Waals surface area contributed by atoms with Gasteiger partial charge in [-0.25, -0.2) is 17.2 Å². The zero-order chi connectivity index (χ0) is 33.3. The van der Waals surface area contributed by atoms with Crippen molar-refractivity contribution in [3.8, 4) is 0 Å². The number of fused-ring (bicyclic) bond motifs is 3. The number of sulfone groups is 1. The Kier molecular flexibility index (Phi) is 8.06. The molecule has 1 amide bonds. The van der Waals surface area contributed by atoms with E-state index in [4.69, 9.17) is 0 Å². The number of rotatable bonds is 5. The third kappa shape index (κ3) is 4.99. The van der Waals surface area contributed by atoms with E-state index in [9.17, 15) is 58.2 Å². The van der Waals surface area contributed by atoms with E-state index in [1.807, 2.05) is 0 Å². The minimum absolute atomic E-state index is 0.128. The first kappa shape index (κ1) is 33.1. The summed E-state index contributed by atoms with van der Waals surface area (Å²) in [5.41, 5.74) is -7.87. The van der Waals surface area contributed by atoms with Gasteiger partial charge in [-0.2, -0.15) is 26.3 Å². The van der Waals surface area contributed by atoms with Gasteiger partial charge in [0.2, 0.25) is 5.91 Å². The highest BCUT2D eigenvalue weighted by atomic mass is 32.2. The van der Waals surface area contributed by atoms with Crippen molar-refractivity contribution in [2.45, 2.75) is 79.2 Å². The lowest BCUT2D eigenvalue weighted by Crippen LogP contribution is -2.54. The lowest BCUT2D eigenvalue weighted by molar-refractivity contribution is -0.348. The van der Waals surface area contributed by atoms with Gasteiger partial charge in [-0.3, -0.25) is 9.59 Å². The molecule has 6 nitrogen and oxygen atoms in total. The van der Waals surface area contributed by atoms with E-state index < -0.39 is 73.7 Å². The maximum absolute atomic E-state index is 15.0. The summed E-state index contributed by atoms with van der Waals surface area (Å²) >= 11 is 0. The average molecular weight is 668 g/mol. The number of aryl methyl sites for hydroxylation is 1. The van der Waals surface area contributed by atoms with Crippen LogP contribution in [0.15, 0.2) is 47.4 Å². The van der Waals surface area contributed by atoms with Crippen LogP contribution in [0.5, 0.6) is 0 Å². The quantitative estimate of drug-likeness (QED) is 0.292. The molecule has 1 saturated heterocycles. The third-order valence-electron chi connectivity index (χ3n) is 9.79. The Morgan fingerprint density at radius 2 is 1.56 bits per heavy atom. The van der Waals surface area contributed by atoms with Crippen molar-refractivity contribution in [3.63, 3.8) is 0 Å². The van der Waals surface area contributed by atoms with E-state index in [-0.39, 0.29) is 73.1 Å². The highest BCUT2D eigenvalue weighted by Gasteiger charge is 2.74. The van der Waals surface area contributed by atoms with Crippen LogP contribution in [0.3, 0.4) is 0 Å². The van der Waals surface area contributed by atoms with E-state index in [1.165, 1.54) is 4.90 Å². The lowest BCUT2D eigenvalue weighted by atomic mass is 9.74. The Bertz CT molecular complexity index is 1590. The zero-order valence-corrected chi connectivity index (χ0v) is 24.6. The van der Waals surface area contributed by atoms with Gasteiger partial charge in [0.25, 0.3) is 0 Å². The van der Waals surface area contributed by atoms with Gasteiger partial charge in [-0.05, 0) is 79.8 Å². The number of hydrogen-bond donors (Lipinski definition) is 1. The van der Waals surface area contributed by atoms with E-state index in [0.29, 0.717) is 6.07 Å². The minimum Gasteiger partial charge on any atom is -0.481 e. The SMILES string of the molecule is C[C@H]1C[C@H](C(=O)N2CC[C@@]3(S(=O)(=O)c4ccc(F)cc4)c4ccc(C(F)(C(F)(F)F)C(F)(F)F)cc4CC[C@@H]23)CC[C@H]1C(=O)O. The monoisotopic (exact) mass is 667 g/mol. The molecule has 45 heavy (non-hydrogen) atoms. The summed E-state index contributed by atoms with van der Waals surface area (Å²) in [7, 11) is -4.60. The van der Waals surface area contributed by atoms with Crippen LogP contribution in [0.2, 0.25) is 0 Å². The van der Waals surface area contributed by atoms with Crippen LogP contribution in [-0.4, -0.2) is 55.2 Å². The van der Waals surface area contributed by atoms with E-state index in [0.717, 1.165) is 30.3 Å². The molecule has 0 unspecified atom stereocenters. The second-order valence-electron chi connectivity index (χ2n) is 12.1. The van der Waals surface area contributed by atoms with Crippen LogP contribution in [0.1, 0.15) is 55.7 Å². The largest absolute Gasteiger partial charge is 0.481 e. The van der Waals surface area contributed by atoms with Gasteiger partial charge in [0.15, 0.2) is 9.84 Å². The first-order valence-corrected chi connectivity index (χ1v) is 15.8. The number of halogens is 8. The van der Waals surface area contributed by atoms with Crippen molar-refractivity contribution in [2.24, 2.45) is 17.8 Å². The normalized spacial score (nSPS) is 27.5. The topological polar surface area (TPSA) is 91.8 Å². The zero-order valence-electron chi connectivity index (χ0n) is 23.8. The Labute approximate surface area is 253 Å². The third-order valence-corrected chi connectivity index (χ3v) is 12.3. The molecule has 2 fully saturated rings. The number of carboxylic acid groups (broad SMARTS) is 1. The molecule has 0 bridgehead atoms.